The zero-order valence-electron chi connectivity index (χ0n) is 12.2. The molecule has 1 aromatic carbocycles. The average molecular weight is 259 g/mol. The number of aromatic nitrogens is 2. The molecule has 0 saturated heterocycles. The van der Waals surface area contributed by atoms with Gasteiger partial charge in [0.25, 0.3) is 0 Å². The van der Waals surface area contributed by atoms with E-state index in [1.165, 1.54) is 11.1 Å². The minimum atomic E-state index is 0.754. The van der Waals surface area contributed by atoms with Gasteiger partial charge in [-0.2, -0.15) is 0 Å². The van der Waals surface area contributed by atoms with Gasteiger partial charge in [-0.05, 0) is 44.2 Å². The molecule has 0 unspecified atom stereocenters. The maximum absolute atomic E-state index is 5.50. The van der Waals surface area contributed by atoms with Crippen molar-refractivity contribution in [3.63, 3.8) is 0 Å². The molecular formula is C15H21N3O. The first-order valence-electron chi connectivity index (χ1n) is 6.39. The quantitative estimate of drug-likeness (QED) is 0.916. The van der Waals surface area contributed by atoms with Gasteiger partial charge in [0.1, 0.15) is 11.6 Å². The largest absolute Gasteiger partial charge is 0.496 e. The Morgan fingerprint density at radius 1 is 1.26 bits per heavy atom. The van der Waals surface area contributed by atoms with Crippen molar-refractivity contribution >= 4 is 0 Å². The van der Waals surface area contributed by atoms with Crippen LogP contribution in [0.5, 0.6) is 5.75 Å². The molecule has 0 radical (unpaired) electrons. The lowest BCUT2D eigenvalue weighted by Crippen LogP contribution is -2.10. The van der Waals surface area contributed by atoms with Crippen LogP contribution in [0.1, 0.15) is 17.0 Å². The van der Waals surface area contributed by atoms with E-state index in [2.05, 4.69) is 40.8 Å². The van der Waals surface area contributed by atoms with Crippen LogP contribution in [0.2, 0.25) is 0 Å². The van der Waals surface area contributed by atoms with Crippen molar-refractivity contribution in [2.24, 2.45) is 7.05 Å². The van der Waals surface area contributed by atoms with Gasteiger partial charge in [-0.1, -0.05) is 0 Å². The summed E-state index contributed by atoms with van der Waals surface area (Å²) in [5.74, 6) is 1.90. The molecule has 19 heavy (non-hydrogen) atoms. The Kier molecular flexibility index (Phi) is 3.90. The Balaban J connectivity index is 2.55. The second kappa shape index (κ2) is 5.45. The summed E-state index contributed by atoms with van der Waals surface area (Å²) in [6, 6.07) is 4.24. The highest BCUT2D eigenvalue weighted by Crippen LogP contribution is 2.32. The number of imidazole rings is 1. The van der Waals surface area contributed by atoms with E-state index in [-0.39, 0.29) is 0 Å². The Morgan fingerprint density at radius 3 is 2.58 bits per heavy atom. The molecule has 0 aliphatic heterocycles. The molecule has 2 aromatic rings. The van der Waals surface area contributed by atoms with E-state index in [1.54, 1.807) is 7.11 Å². The van der Waals surface area contributed by atoms with Gasteiger partial charge in [0.05, 0.1) is 25.5 Å². The van der Waals surface area contributed by atoms with Gasteiger partial charge in [-0.15, -0.1) is 0 Å². The van der Waals surface area contributed by atoms with Crippen LogP contribution in [-0.2, 0) is 13.6 Å². The summed E-state index contributed by atoms with van der Waals surface area (Å²) in [5, 5.41) is 3.12. The first kappa shape index (κ1) is 13.6. The number of aryl methyl sites for hydroxylation is 2. The maximum Gasteiger partial charge on any atom is 0.128 e. The van der Waals surface area contributed by atoms with Crippen molar-refractivity contribution in [3.05, 3.63) is 35.3 Å². The van der Waals surface area contributed by atoms with Crippen LogP contribution in [0.4, 0.5) is 0 Å². The molecule has 4 heteroatoms. The highest BCUT2D eigenvalue weighted by Gasteiger charge is 2.13. The summed E-state index contributed by atoms with van der Waals surface area (Å²) >= 11 is 0. The number of hydrogen-bond acceptors (Lipinski definition) is 3. The highest BCUT2D eigenvalue weighted by molar-refractivity contribution is 5.69. The van der Waals surface area contributed by atoms with E-state index >= 15 is 0 Å². The molecule has 4 nitrogen and oxygen atoms in total. The van der Waals surface area contributed by atoms with Crippen LogP contribution in [0.15, 0.2) is 18.3 Å². The SMILES string of the molecule is CNCc1ncc(-c2cc(C)c(C)cc2OC)n1C. The van der Waals surface area contributed by atoms with Crippen LogP contribution < -0.4 is 10.1 Å². The van der Waals surface area contributed by atoms with Crippen LogP contribution in [0.3, 0.4) is 0 Å². The lowest BCUT2D eigenvalue weighted by molar-refractivity contribution is 0.415. The van der Waals surface area contributed by atoms with Gasteiger partial charge in [0.2, 0.25) is 0 Å². The van der Waals surface area contributed by atoms with Crippen molar-refractivity contribution < 1.29 is 4.74 Å². The summed E-state index contributed by atoms with van der Waals surface area (Å²) in [5.41, 5.74) is 4.65. The van der Waals surface area contributed by atoms with E-state index in [4.69, 9.17) is 4.74 Å². The highest BCUT2D eigenvalue weighted by atomic mass is 16.5. The third-order valence-electron chi connectivity index (χ3n) is 3.51. The first-order chi connectivity index (χ1) is 9.08. The van der Waals surface area contributed by atoms with Crippen molar-refractivity contribution in [1.82, 2.24) is 14.9 Å². The molecule has 0 spiro atoms. The summed E-state index contributed by atoms with van der Waals surface area (Å²) in [4.78, 5) is 4.45. The number of rotatable bonds is 4. The molecule has 1 aromatic heterocycles. The molecule has 0 bridgehead atoms. The fraction of sp³-hybridized carbons (Fsp3) is 0.400. The predicted molar refractivity (Wildman–Crippen MR) is 77.4 cm³/mol. The molecule has 1 heterocycles. The molecule has 0 atom stereocenters. The molecular weight excluding hydrogens is 238 g/mol. The van der Waals surface area contributed by atoms with Crippen LogP contribution in [0, 0.1) is 13.8 Å². The lowest BCUT2D eigenvalue weighted by Gasteiger charge is -2.13. The molecule has 0 aliphatic carbocycles. The second-order valence-corrected chi connectivity index (χ2v) is 4.79. The minimum absolute atomic E-state index is 0.754. The van der Waals surface area contributed by atoms with Gasteiger partial charge in [-0.3, -0.25) is 0 Å². The molecule has 1 N–H and O–H groups in total. The zero-order valence-corrected chi connectivity index (χ0v) is 12.2. The lowest BCUT2D eigenvalue weighted by atomic mass is 10.0. The van der Waals surface area contributed by atoms with Crippen molar-refractivity contribution in [2.45, 2.75) is 20.4 Å². The standard InChI is InChI=1S/C15H21N3O/c1-10-6-12(14(19-5)7-11(10)2)13-8-17-15(9-16-3)18(13)4/h6-8,16H,9H2,1-5H3. The Hall–Kier alpha value is -1.81. The smallest absolute Gasteiger partial charge is 0.128 e. The number of ether oxygens (including phenoxy) is 1. The maximum atomic E-state index is 5.50. The minimum Gasteiger partial charge on any atom is -0.496 e. The fourth-order valence-corrected chi connectivity index (χ4v) is 2.18. The monoisotopic (exact) mass is 259 g/mol. The van der Waals surface area contributed by atoms with E-state index in [0.717, 1.165) is 29.4 Å². The predicted octanol–water partition coefficient (Wildman–Crippen LogP) is 2.43. The van der Waals surface area contributed by atoms with E-state index in [9.17, 15) is 0 Å². The second-order valence-electron chi connectivity index (χ2n) is 4.79. The molecule has 0 aliphatic rings. The normalized spacial score (nSPS) is 10.8. The first-order valence-corrected chi connectivity index (χ1v) is 6.39. The zero-order chi connectivity index (χ0) is 14.0. The summed E-state index contributed by atoms with van der Waals surface area (Å²) in [6.07, 6.45) is 1.90. The number of methoxy groups -OCH3 is 1. The van der Waals surface area contributed by atoms with Gasteiger partial charge in [0.15, 0.2) is 0 Å². The van der Waals surface area contributed by atoms with Crippen LogP contribution in [-0.4, -0.2) is 23.7 Å². The number of hydrogen-bond donors (Lipinski definition) is 1. The molecule has 2 rings (SSSR count). The van der Waals surface area contributed by atoms with Crippen molar-refractivity contribution in [2.75, 3.05) is 14.2 Å². The van der Waals surface area contributed by atoms with E-state index in [1.807, 2.05) is 20.3 Å². The topological polar surface area (TPSA) is 39.1 Å². The van der Waals surface area contributed by atoms with Gasteiger partial charge < -0.3 is 14.6 Å². The Morgan fingerprint density at radius 2 is 1.95 bits per heavy atom. The van der Waals surface area contributed by atoms with E-state index in [0.29, 0.717) is 0 Å². The van der Waals surface area contributed by atoms with Gasteiger partial charge in [0, 0.05) is 12.6 Å². The molecule has 0 saturated carbocycles. The average Bonchev–Trinajstić information content (AvgIpc) is 2.74. The number of nitrogens with one attached hydrogen (secondary N) is 1. The third kappa shape index (κ3) is 2.49. The van der Waals surface area contributed by atoms with Gasteiger partial charge in [-0.25, -0.2) is 4.98 Å². The van der Waals surface area contributed by atoms with Gasteiger partial charge >= 0.3 is 0 Å². The van der Waals surface area contributed by atoms with Crippen molar-refractivity contribution in [3.8, 4) is 17.0 Å². The Labute approximate surface area is 114 Å². The fourth-order valence-electron chi connectivity index (χ4n) is 2.18. The van der Waals surface area contributed by atoms with Crippen molar-refractivity contribution in [1.29, 1.82) is 0 Å². The summed E-state index contributed by atoms with van der Waals surface area (Å²) in [7, 11) is 5.66. The Bertz CT molecular complexity index is 587. The summed E-state index contributed by atoms with van der Waals surface area (Å²) in [6.45, 7) is 4.96. The third-order valence-corrected chi connectivity index (χ3v) is 3.51. The number of nitrogens with zero attached hydrogens (tertiary/aromatic N) is 2. The van der Waals surface area contributed by atoms with E-state index < -0.39 is 0 Å². The molecule has 0 amide bonds. The number of benzene rings is 1. The molecule has 102 valence electrons. The van der Waals surface area contributed by atoms with Crippen LogP contribution in [0.25, 0.3) is 11.3 Å². The molecule has 0 fully saturated rings. The van der Waals surface area contributed by atoms with Crippen LogP contribution >= 0.6 is 0 Å². The summed E-state index contributed by atoms with van der Waals surface area (Å²) < 4.78 is 7.60.